The van der Waals surface area contributed by atoms with E-state index in [-0.39, 0.29) is 18.6 Å². The van der Waals surface area contributed by atoms with Crippen LogP contribution in [0.15, 0.2) is 12.1 Å². The molecule has 1 aromatic rings. The Balaban J connectivity index is 1.75. The lowest BCUT2D eigenvalue weighted by Crippen LogP contribution is -2.37. The Morgan fingerprint density at radius 1 is 1.32 bits per heavy atom. The number of halogens is 3. The molecule has 22 heavy (non-hydrogen) atoms. The second kappa shape index (κ2) is 8.22. The van der Waals surface area contributed by atoms with Crippen molar-refractivity contribution in [1.82, 2.24) is 5.32 Å². The number of ether oxygens (including phenoxy) is 2. The maximum absolute atomic E-state index is 11.9. The highest BCUT2D eigenvalue weighted by Crippen LogP contribution is 2.35. The van der Waals surface area contributed by atoms with Crippen molar-refractivity contribution in [3.8, 4) is 5.75 Å². The van der Waals surface area contributed by atoms with Gasteiger partial charge in [0, 0.05) is 11.6 Å². The van der Waals surface area contributed by atoms with Crippen LogP contribution >= 0.6 is 34.8 Å². The van der Waals surface area contributed by atoms with Crippen molar-refractivity contribution < 1.29 is 14.3 Å². The SMILES string of the molecule is NC[C@H]1CC[C@@H](C(=O)NCCOc2c(Cl)cc(Cl)cc2Cl)O1. The van der Waals surface area contributed by atoms with Gasteiger partial charge in [-0.15, -0.1) is 0 Å². The average Bonchev–Trinajstić information content (AvgIpc) is 2.94. The van der Waals surface area contributed by atoms with Gasteiger partial charge < -0.3 is 20.5 Å². The molecule has 1 aliphatic rings. The Morgan fingerprint density at radius 3 is 2.59 bits per heavy atom. The highest BCUT2D eigenvalue weighted by molar-refractivity contribution is 6.40. The topological polar surface area (TPSA) is 73.6 Å². The van der Waals surface area contributed by atoms with Crippen molar-refractivity contribution in [1.29, 1.82) is 0 Å². The number of amides is 1. The number of carbonyl (C=O) groups excluding carboxylic acids is 1. The molecule has 1 fully saturated rings. The third kappa shape index (κ3) is 4.64. The summed E-state index contributed by atoms with van der Waals surface area (Å²) in [7, 11) is 0. The predicted molar refractivity (Wildman–Crippen MR) is 86.9 cm³/mol. The van der Waals surface area contributed by atoms with Crippen molar-refractivity contribution in [3.05, 3.63) is 27.2 Å². The molecule has 0 unspecified atom stereocenters. The molecule has 5 nitrogen and oxygen atoms in total. The Labute approximate surface area is 144 Å². The maximum atomic E-state index is 11.9. The minimum Gasteiger partial charge on any atom is -0.489 e. The molecule has 0 saturated carbocycles. The van der Waals surface area contributed by atoms with E-state index in [0.29, 0.717) is 40.3 Å². The van der Waals surface area contributed by atoms with Crippen molar-refractivity contribution in [2.24, 2.45) is 5.73 Å². The van der Waals surface area contributed by atoms with E-state index in [1.54, 1.807) is 12.1 Å². The predicted octanol–water partition coefficient (Wildman–Crippen LogP) is 2.65. The fourth-order valence-corrected chi connectivity index (χ4v) is 3.11. The number of rotatable bonds is 6. The lowest BCUT2D eigenvalue weighted by molar-refractivity contribution is -0.131. The number of hydrogen-bond donors (Lipinski definition) is 2. The van der Waals surface area contributed by atoms with Crippen LogP contribution in [0.5, 0.6) is 5.75 Å². The molecule has 1 aromatic carbocycles. The molecule has 0 bridgehead atoms. The van der Waals surface area contributed by atoms with Crippen LogP contribution in [0.25, 0.3) is 0 Å². The van der Waals surface area contributed by atoms with E-state index in [0.717, 1.165) is 6.42 Å². The lowest BCUT2D eigenvalue weighted by atomic mass is 10.2. The number of nitrogens with two attached hydrogens (primary N) is 1. The van der Waals surface area contributed by atoms with Crippen molar-refractivity contribution in [3.63, 3.8) is 0 Å². The number of hydrogen-bond acceptors (Lipinski definition) is 4. The number of benzene rings is 1. The van der Waals surface area contributed by atoms with Gasteiger partial charge in [0.15, 0.2) is 5.75 Å². The molecule has 0 aromatic heterocycles. The zero-order valence-electron chi connectivity index (χ0n) is 11.8. The summed E-state index contributed by atoms with van der Waals surface area (Å²) in [5.41, 5.74) is 5.51. The zero-order valence-corrected chi connectivity index (χ0v) is 14.0. The Bertz CT molecular complexity index is 519. The minimum absolute atomic E-state index is 0.0290. The van der Waals surface area contributed by atoms with Gasteiger partial charge in [0.2, 0.25) is 5.91 Å². The molecule has 1 saturated heterocycles. The van der Waals surface area contributed by atoms with Crippen LogP contribution in [0.3, 0.4) is 0 Å². The maximum Gasteiger partial charge on any atom is 0.249 e. The second-order valence-corrected chi connectivity index (χ2v) is 6.15. The molecule has 8 heteroatoms. The quantitative estimate of drug-likeness (QED) is 0.758. The van der Waals surface area contributed by atoms with Crippen LogP contribution < -0.4 is 15.8 Å². The summed E-state index contributed by atoms with van der Waals surface area (Å²) in [4.78, 5) is 11.9. The highest BCUT2D eigenvalue weighted by atomic mass is 35.5. The smallest absolute Gasteiger partial charge is 0.249 e. The van der Waals surface area contributed by atoms with Crippen LogP contribution in [-0.2, 0) is 9.53 Å². The molecule has 2 atom stereocenters. The lowest BCUT2D eigenvalue weighted by Gasteiger charge is -2.14. The summed E-state index contributed by atoms with van der Waals surface area (Å²) in [5, 5.41) is 3.84. The van der Waals surface area contributed by atoms with E-state index in [9.17, 15) is 4.79 Å². The number of carbonyl (C=O) groups is 1. The number of nitrogens with one attached hydrogen (secondary N) is 1. The fourth-order valence-electron chi connectivity index (χ4n) is 2.18. The third-order valence-electron chi connectivity index (χ3n) is 3.27. The van der Waals surface area contributed by atoms with E-state index >= 15 is 0 Å². The van der Waals surface area contributed by atoms with Gasteiger partial charge in [-0.05, 0) is 25.0 Å². The van der Waals surface area contributed by atoms with Gasteiger partial charge in [-0.2, -0.15) is 0 Å². The van der Waals surface area contributed by atoms with Gasteiger partial charge in [0.25, 0.3) is 0 Å². The summed E-state index contributed by atoms with van der Waals surface area (Å²) in [5.74, 6) is 0.190. The molecule has 2 rings (SSSR count). The van der Waals surface area contributed by atoms with E-state index in [2.05, 4.69) is 5.32 Å². The van der Waals surface area contributed by atoms with E-state index in [1.807, 2.05) is 0 Å². The fraction of sp³-hybridized carbons (Fsp3) is 0.500. The van der Waals surface area contributed by atoms with E-state index in [1.165, 1.54) is 0 Å². The van der Waals surface area contributed by atoms with Crippen LogP contribution in [0.4, 0.5) is 0 Å². The summed E-state index contributed by atoms with van der Waals surface area (Å²) >= 11 is 17.8. The third-order valence-corrected chi connectivity index (χ3v) is 4.05. The Morgan fingerprint density at radius 2 is 2.00 bits per heavy atom. The van der Waals surface area contributed by atoms with Gasteiger partial charge in [-0.3, -0.25) is 4.79 Å². The molecule has 1 aliphatic heterocycles. The molecule has 0 spiro atoms. The summed E-state index contributed by atoms with van der Waals surface area (Å²) in [6, 6.07) is 3.09. The van der Waals surface area contributed by atoms with Crippen LogP contribution in [0, 0.1) is 0 Å². The van der Waals surface area contributed by atoms with Crippen LogP contribution in [0.1, 0.15) is 12.8 Å². The van der Waals surface area contributed by atoms with Gasteiger partial charge in [-0.1, -0.05) is 34.8 Å². The molecule has 3 N–H and O–H groups in total. The first-order valence-electron chi connectivity index (χ1n) is 6.92. The van der Waals surface area contributed by atoms with Gasteiger partial charge >= 0.3 is 0 Å². The second-order valence-electron chi connectivity index (χ2n) is 4.90. The van der Waals surface area contributed by atoms with Crippen molar-refractivity contribution >= 4 is 40.7 Å². The molecule has 1 amide bonds. The standard InChI is InChI=1S/C14H17Cl3N2O3/c15-8-5-10(16)13(11(17)6-8)21-4-3-19-14(20)12-2-1-9(7-18)22-12/h5-6,9,12H,1-4,7,18H2,(H,19,20)/t9-,12+/m1/s1. The minimum atomic E-state index is -0.434. The summed E-state index contributed by atoms with van der Waals surface area (Å²) < 4.78 is 11.0. The van der Waals surface area contributed by atoms with E-state index in [4.69, 9.17) is 50.0 Å². The summed E-state index contributed by atoms with van der Waals surface area (Å²) in [6.07, 6.45) is 1.03. The van der Waals surface area contributed by atoms with Gasteiger partial charge in [0.1, 0.15) is 12.7 Å². The molecule has 122 valence electrons. The molecular formula is C14H17Cl3N2O3. The first-order chi connectivity index (χ1) is 10.5. The zero-order chi connectivity index (χ0) is 16.1. The van der Waals surface area contributed by atoms with Crippen molar-refractivity contribution in [2.45, 2.75) is 25.0 Å². The monoisotopic (exact) mass is 366 g/mol. The Kier molecular flexibility index (Phi) is 6.59. The highest BCUT2D eigenvalue weighted by Gasteiger charge is 2.29. The Hall–Kier alpha value is -0.720. The summed E-state index contributed by atoms with van der Waals surface area (Å²) in [6.45, 7) is 0.988. The van der Waals surface area contributed by atoms with Crippen LogP contribution in [0.2, 0.25) is 15.1 Å². The molecule has 1 heterocycles. The van der Waals surface area contributed by atoms with Crippen LogP contribution in [-0.4, -0.2) is 37.8 Å². The molecule has 0 radical (unpaired) electrons. The normalized spacial score (nSPS) is 20.9. The molecule has 0 aliphatic carbocycles. The largest absolute Gasteiger partial charge is 0.489 e. The van der Waals surface area contributed by atoms with Gasteiger partial charge in [0.05, 0.1) is 22.7 Å². The van der Waals surface area contributed by atoms with E-state index < -0.39 is 6.10 Å². The molecular weight excluding hydrogens is 351 g/mol. The average molecular weight is 368 g/mol. The van der Waals surface area contributed by atoms with Gasteiger partial charge in [-0.25, -0.2) is 0 Å². The van der Waals surface area contributed by atoms with Crippen molar-refractivity contribution in [2.75, 3.05) is 19.7 Å². The first kappa shape index (κ1) is 17.6. The first-order valence-corrected chi connectivity index (χ1v) is 8.05.